The van der Waals surface area contributed by atoms with Crippen LogP contribution in [0.1, 0.15) is 0 Å². The van der Waals surface area contributed by atoms with Gasteiger partial charge in [-0.25, -0.2) is 9.18 Å². The molecule has 1 fully saturated rings. The summed E-state index contributed by atoms with van der Waals surface area (Å²) < 4.78 is 12.9. The fourth-order valence-corrected chi connectivity index (χ4v) is 2.57. The second-order valence-electron chi connectivity index (χ2n) is 5.43. The molecule has 1 aliphatic heterocycles. The summed E-state index contributed by atoms with van der Waals surface area (Å²) in [7, 11) is 0. The largest absolute Gasteiger partial charge is 0.508 e. The lowest BCUT2D eigenvalue weighted by atomic mass is 10.2. The summed E-state index contributed by atoms with van der Waals surface area (Å²) in [6.07, 6.45) is 0. The van der Waals surface area contributed by atoms with Gasteiger partial charge >= 0.3 is 6.03 Å². The maximum atomic E-state index is 12.9. The molecule has 120 valence electrons. The van der Waals surface area contributed by atoms with Gasteiger partial charge in [-0.2, -0.15) is 0 Å². The zero-order valence-corrected chi connectivity index (χ0v) is 12.6. The van der Waals surface area contributed by atoms with E-state index >= 15 is 0 Å². The standard InChI is InChI=1S/C17H18FN3O2/c18-13-1-3-14(4-2-13)19-17(23)21-11-9-20(10-12-21)15-5-7-16(22)8-6-15/h1-8,22H,9-12H2,(H,19,23). The number of halogens is 1. The van der Waals surface area contributed by atoms with Crippen LogP contribution >= 0.6 is 0 Å². The molecule has 0 radical (unpaired) electrons. The molecule has 0 atom stereocenters. The van der Waals surface area contributed by atoms with Crippen LogP contribution in [-0.4, -0.2) is 42.2 Å². The first-order valence-electron chi connectivity index (χ1n) is 7.47. The Labute approximate surface area is 133 Å². The number of aromatic hydroxyl groups is 1. The molecule has 3 rings (SSSR count). The Hall–Kier alpha value is -2.76. The van der Waals surface area contributed by atoms with Crippen molar-refractivity contribution in [3.05, 3.63) is 54.3 Å². The van der Waals surface area contributed by atoms with Crippen LogP contribution in [0.5, 0.6) is 5.75 Å². The molecule has 0 unspecified atom stereocenters. The summed E-state index contributed by atoms with van der Waals surface area (Å²) in [4.78, 5) is 16.1. The first kappa shape index (κ1) is 15.1. The first-order chi connectivity index (χ1) is 11.1. The minimum atomic E-state index is -0.328. The van der Waals surface area contributed by atoms with Crippen molar-refractivity contribution in [1.82, 2.24) is 4.90 Å². The van der Waals surface area contributed by atoms with Gasteiger partial charge in [0.2, 0.25) is 0 Å². The number of anilines is 2. The molecule has 1 aliphatic rings. The van der Waals surface area contributed by atoms with Gasteiger partial charge in [0.05, 0.1) is 0 Å². The number of carbonyl (C=O) groups excluding carboxylic acids is 1. The van der Waals surface area contributed by atoms with Gasteiger partial charge in [-0.05, 0) is 48.5 Å². The first-order valence-corrected chi connectivity index (χ1v) is 7.47. The van der Waals surface area contributed by atoms with Crippen LogP contribution in [0.15, 0.2) is 48.5 Å². The van der Waals surface area contributed by atoms with Gasteiger partial charge in [0, 0.05) is 37.6 Å². The van der Waals surface area contributed by atoms with Crippen molar-refractivity contribution in [3.63, 3.8) is 0 Å². The SMILES string of the molecule is O=C(Nc1ccc(F)cc1)N1CCN(c2ccc(O)cc2)CC1. The number of phenolic OH excluding ortho intramolecular Hbond substituents is 1. The second-order valence-corrected chi connectivity index (χ2v) is 5.43. The Morgan fingerprint density at radius 3 is 2.17 bits per heavy atom. The van der Waals surface area contributed by atoms with E-state index in [1.807, 2.05) is 12.1 Å². The molecule has 5 nitrogen and oxygen atoms in total. The average Bonchev–Trinajstić information content (AvgIpc) is 2.58. The smallest absolute Gasteiger partial charge is 0.321 e. The molecule has 2 N–H and O–H groups in total. The van der Waals surface area contributed by atoms with Crippen LogP contribution in [0.25, 0.3) is 0 Å². The number of nitrogens with zero attached hydrogens (tertiary/aromatic N) is 2. The number of urea groups is 1. The fourth-order valence-electron chi connectivity index (χ4n) is 2.57. The number of rotatable bonds is 2. The Bertz CT molecular complexity index is 665. The summed E-state index contributed by atoms with van der Waals surface area (Å²) in [5.74, 6) is -0.0865. The molecule has 1 heterocycles. The van der Waals surface area contributed by atoms with Gasteiger partial charge in [-0.15, -0.1) is 0 Å². The number of benzene rings is 2. The van der Waals surface area contributed by atoms with Crippen molar-refractivity contribution in [2.45, 2.75) is 0 Å². The molecule has 2 aromatic rings. The quantitative estimate of drug-likeness (QED) is 0.896. The number of hydrogen-bond donors (Lipinski definition) is 2. The number of hydrogen-bond acceptors (Lipinski definition) is 3. The summed E-state index contributed by atoms with van der Waals surface area (Å²) in [5.41, 5.74) is 1.61. The Kier molecular flexibility index (Phi) is 4.32. The highest BCUT2D eigenvalue weighted by Gasteiger charge is 2.21. The number of phenols is 1. The van der Waals surface area contributed by atoms with E-state index in [0.717, 1.165) is 18.8 Å². The minimum absolute atomic E-state index is 0.179. The molecule has 1 saturated heterocycles. The van der Waals surface area contributed by atoms with E-state index in [-0.39, 0.29) is 17.6 Å². The predicted molar refractivity (Wildman–Crippen MR) is 87.3 cm³/mol. The Balaban J connectivity index is 1.54. The molecule has 0 bridgehead atoms. The molecular formula is C17H18FN3O2. The zero-order chi connectivity index (χ0) is 16.2. The highest BCUT2D eigenvalue weighted by molar-refractivity contribution is 5.89. The van der Waals surface area contributed by atoms with Gasteiger partial charge in [0.25, 0.3) is 0 Å². The number of nitrogens with one attached hydrogen (secondary N) is 1. The van der Waals surface area contributed by atoms with Crippen LogP contribution in [-0.2, 0) is 0 Å². The summed E-state index contributed by atoms with van der Waals surface area (Å²) in [6.45, 7) is 2.66. The lowest BCUT2D eigenvalue weighted by Gasteiger charge is -2.36. The van der Waals surface area contributed by atoms with Crippen LogP contribution < -0.4 is 10.2 Å². The summed E-state index contributed by atoms with van der Waals surface area (Å²) in [6, 6.07) is 12.6. The van der Waals surface area contributed by atoms with E-state index in [2.05, 4.69) is 10.2 Å². The van der Waals surface area contributed by atoms with Crippen molar-refractivity contribution in [3.8, 4) is 5.75 Å². The molecule has 6 heteroatoms. The van der Waals surface area contributed by atoms with E-state index < -0.39 is 0 Å². The van der Waals surface area contributed by atoms with Crippen molar-refractivity contribution in [1.29, 1.82) is 0 Å². The van der Waals surface area contributed by atoms with Crippen molar-refractivity contribution in [2.75, 3.05) is 36.4 Å². The summed E-state index contributed by atoms with van der Waals surface area (Å²) in [5, 5.41) is 12.1. The van der Waals surface area contributed by atoms with E-state index in [0.29, 0.717) is 18.8 Å². The molecule has 0 spiro atoms. The molecule has 0 saturated carbocycles. The maximum Gasteiger partial charge on any atom is 0.321 e. The third kappa shape index (κ3) is 3.71. The third-order valence-corrected chi connectivity index (χ3v) is 3.88. The fraction of sp³-hybridized carbons (Fsp3) is 0.235. The summed E-state index contributed by atoms with van der Waals surface area (Å²) >= 11 is 0. The van der Waals surface area contributed by atoms with Crippen LogP contribution in [0.2, 0.25) is 0 Å². The Morgan fingerprint density at radius 2 is 1.57 bits per heavy atom. The average molecular weight is 315 g/mol. The molecular weight excluding hydrogens is 297 g/mol. The molecule has 2 aromatic carbocycles. The lowest BCUT2D eigenvalue weighted by Crippen LogP contribution is -2.50. The number of carbonyl (C=O) groups is 1. The van der Waals surface area contributed by atoms with Gasteiger partial charge in [-0.3, -0.25) is 0 Å². The maximum absolute atomic E-state index is 12.9. The molecule has 23 heavy (non-hydrogen) atoms. The molecule has 2 amide bonds. The zero-order valence-electron chi connectivity index (χ0n) is 12.6. The molecule has 0 aromatic heterocycles. The van der Waals surface area contributed by atoms with Crippen LogP contribution in [0.4, 0.5) is 20.6 Å². The predicted octanol–water partition coefficient (Wildman–Crippen LogP) is 2.89. The number of amides is 2. The van der Waals surface area contributed by atoms with Crippen molar-refractivity contribution in [2.24, 2.45) is 0 Å². The van der Waals surface area contributed by atoms with Gasteiger partial charge in [0.15, 0.2) is 0 Å². The topological polar surface area (TPSA) is 55.8 Å². The minimum Gasteiger partial charge on any atom is -0.508 e. The van der Waals surface area contributed by atoms with E-state index in [4.69, 9.17) is 0 Å². The van der Waals surface area contributed by atoms with E-state index in [1.54, 1.807) is 29.2 Å². The van der Waals surface area contributed by atoms with Gasteiger partial charge < -0.3 is 20.2 Å². The van der Waals surface area contributed by atoms with Crippen LogP contribution in [0.3, 0.4) is 0 Å². The highest BCUT2D eigenvalue weighted by Crippen LogP contribution is 2.20. The van der Waals surface area contributed by atoms with E-state index in [1.165, 1.54) is 12.1 Å². The van der Waals surface area contributed by atoms with E-state index in [9.17, 15) is 14.3 Å². The van der Waals surface area contributed by atoms with Crippen LogP contribution in [0, 0.1) is 5.82 Å². The monoisotopic (exact) mass is 315 g/mol. The Morgan fingerprint density at radius 1 is 0.957 bits per heavy atom. The van der Waals surface area contributed by atoms with Crippen molar-refractivity contribution >= 4 is 17.4 Å². The highest BCUT2D eigenvalue weighted by atomic mass is 19.1. The number of piperazine rings is 1. The third-order valence-electron chi connectivity index (χ3n) is 3.88. The second kappa shape index (κ2) is 6.56. The van der Waals surface area contributed by atoms with Gasteiger partial charge in [-0.1, -0.05) is 0 Å². The van der Waals surface area contributed by atoms with Crippen molar-refractivity contribution < 1.29 is 14.3 Å². The normalized spacial score (nSPS) is 14.7. The molecule has 0 aliphatic carbocycles. The van der Waals surface area contributed by atoms with Gasteiger partial charge in [0.1, 0.15) is 11.6 Å². The lowest BCUT2D eigenvalue weighted by molar-refractivity contribution is 0.208.